The maximum absolute atomic E-state index is 12.8. The summed E-state index contributed by atoms with van der Waals surface area (Å²) in [5.74, 6) is 2.00. The molecular weight excluding hydrogens is 404 g/mol. The van der Waals surface area contributed by atoms with Crippen LogP contribution in [0, 0.1) is 6.92 Å². The second-order valence-corrected chi connectivity index (χ2v) is 8.11. The van der Waals surface area contributed by atoms with Gasteiger partial charge in [0.1, 0.15) is 5.52 Å². The van der Waals surface area contributed by atoms with Crippen molar-refractivity contribution in [2.24, 2.45) is 0 Å². The van der Waals surface area contributed by atoms with Gasteiger partial charge >= 0.3 is 0 Å². The fourth-order valence-corrected chi connectivity index (χ4v) is 3.73. The van der Waals surface area contributed by atoms with E-state index in [0.29, 0.717) is 34.6 Å². The lowest BCUT2D eigenvalue weighted by molar-refractivity contribution is 0.102. The van der Waals surface area contributed by atoms with Crippen LogP contribution in [-0.4, -0.2) is 17.7 Å². The first kappa shape index (κ1) is 20.1. The lowest BCUT2D eigenvalue weighted by Gasteiger charge is -2.10. The SMILES string of the molecule is CC[C@H](C)c1ccc2oc(-c3ccc(C)c(NC(=O)c4ccc5c(c4)OCO5)c3)nc2c1. The number of aromatic nitrogens is 1. The number of carbonyl (C=O) groups excluding carboxylic acids is 1. The van der Waals surface area contributed by atoms with Crippen LogP contribution in [-0.2, 0) is 0 Å². The molecule has 0 saturated carbocycles. The molecule has 6 heteroatoms. The highest BCUT2D eigenvalue weighted by Gasteiger charge is 2.18. The summed E-state index contributed by atoms with van der Waals surface area (Å²) in [7, 11) is 0. The van der Waals surface area contributed by atoms with Gasteiger partial charge in [0.25, 0.3) is 5.91 Å². The molecule has 0 bridgehead atoms. The first-order chi connectivity index (χ1) is 15.5. The Kier molecular flexibility index (Phi) is 5.05. The van der Waals surface area contributed by atoms with Gasteiger partial charge in [-0.2, -0.15) is 0 Å². The lowest BCUT2D eigenvalue weighted by Crippen LogP contribution is -2.12. The number of hydrogen-bond donors (Lipinski definition) is 1. The van der Waals surface area contributed by atoms with Crippen LogP contribution in [0.4, 0.5) is 5.69 Å². The van der Waals surface area contributed by atoms with Crippen LogP contribution in [0.2, 0.25) is 0 Å². The van der Waals surface area contributed by atoms with Crippen molar-refractivity contribution in [3.63, 3.8) is 0 Å². The Morgan fingerprint density at radius 2 is 1.91 bits per heavy atom. The Balaban J connectivity index is 1.43. The van der Waals surface area contributed by atoms with Crippen molar-refractivity contribution < 1.29 is 18.7 Å². The third-order valence-corrected chi connectivity index (χ3v) is 5.96. The number of nitrogens with zero attached hydrogens (tertiary/aromatic N) is 1. The predicted octanol–water partition coefficient (Wildman–Crippen LogP) is 6.30. The van der Waals surface area contributed by atoms with Crippen molar-refractivity contribution in [3.8, 4) is 23.0 Å². The summed E-state index contributed by atoms with van der Waals surface area (Å²) < 4.78 is 16.7. The monoisotopic (exact) mass is 428 g/mol. The number of nitrogens with one attached hydrogen (secondary N) is 1. The molecule has 1 aromatic heterocycles. The molecule has 162 valence electrons. The summed E-state index contributed by atoms with van der Waals surface area (Å²) >= 11 is 0. The highest BCUT2D eigenvalue weighted by Crippen LogP contribution is 2.33. The van der Waals surface area contributed by atoms with E-state index < -0.39 is 0 Å². The quantitative estimate of drug-likeness (QED) is 0.404. The molecule has 1 aliphatic heterocycles. The lowest BCUT2D eigenvalue weighted by atomic mass is 9.98. The molecule has 1 amide bonds. The van der Waals surface area contributed by atoms with E-state index in [-0.39, 0.29) is 12.7 Å². The van der Waals surface area contributed by atoms with Crippen molar-refractivity contribution in [2.75, 3.05) is 12.1 Å². The Hall–Kier alpha value is -3.80. The predicted molar refractivity (Wildman–Crippen MR) is 123 cm³/mol. The molecule has 6 nitrogen and oxygen atoms in total. The zero-order valence-corrected chi connectivity index (χ0v) is 18.3. The fourth-order valence-electron chi connectivity index (χ4n) is 3.73. The van der Waals surface area contributed by atoms with Gasteiger partial charge in [-0.1, -0.05) is 26.0 Å². The molecule has 1 atom stereocenters. The highest BCUT2D eigenvalue weighted by atomic mass is 16.7. The van der Waals surface area contributed by atoms with E-state index in [4.69, 9.17) is 18.9 Å². The van der Waals surface area contributed by atoms with Gasteiger partial charge in [0.2, 0.25) is 12.7 Å². The molecule has 0 radical (unpaired) electrons. The van der Waals surface area contributed by atoms with Gasteiger partial charge in [-0.25, -0.2) is 4.98 Å². The third-order valence-electron chi connectivity index (χ3n) is 5.96. The zero-order chi connectivity index (χ0) is 22.2. The normalized spacial score (nSPS) is 13.3. The number of carbonyl (C=O) groups is 1. The smallest absolute Gasteiger partial charge is 0.255 e. The summed E-state index contributed by atoms with van der Waals surface area (Å²) in [6, 6.07) is 17.1. The van der Waals surface area contributed by atoms with E-state index in [1.165, 1.54) is 5.56 Å². The molecule has 1 aliphatic rings. The Bertz CT molecular complexity index is 1320. The molecule has 1 N–H and O–H groups in total. The maximum Gasteiger partial charge on any atom is 0.255 e. The minimum Gasteiger partial charge on any atom is -0.454 e. The van der Waals surface area contributed by atoms with Gasteiger partial charge in [-0.05, 0) is 72.9 Å². The van der Waals surface area contributed by atoms with E-state index in [1.807, 2.05) is 31.2 Å². The van der Waals surface area contributed by atoms with E-state index in [9.17, 15) is 4.79 Å². The largest absolute Gasteiger partial charge is 0.454 e. The third kappa shape index (κ3) is 3.68. The van der Waals surface area contributed by atoms with Crippen LogP contribution < -0.4 is 14.8 Å². The highest BCUT2D eigenvalue weighted by molar-refractivity contribution is 6.05. The number of oxazole rings is 1. The Labute approximate surface area is 186 Å². The van der Waals surface area contributed by atoms with Gasteiger partial charge in [0.05, 0.1) is 0 Å². The first-order valence-corrected chi connectivity index (χ1v) is 10.7. The van der Waals surface area contributed by atoms with E-state index in [1.54, 1.807) is 18.2 Å². The molecule has 0 aliphatic carbocycles. The van der Waals surface area contributed by atoms with Crippen molar-refractivity contribution in [2.45, 2.75) is 33.1 Å². The summed E-state index contributed by atoms with van der Waals surface area (Å²) in [6.45, 7) is 6.50. The molecule has 3 aromatic carbocycles. The van der Waals surface area contributed by atoms with Crippen molar-refractivity contribution >= 4 is 22.7 Å². The van der Waals surface area contributed by atoms with Crippen molar-refractivity contribution in [1.29, 1.82) is 0 Å². The number of ether oxygens (including phenoxy) is 2. The number of aryl methyl sites for hydroxylation is 1. The van der Waals surface area contributed by atoms with E-state index in [0.717, 1.165) is 28.6 Å². The standard InChI is InChI=1S/C26H24N2O4/c1-4-15(2)17-7-9-22-21(11-17)28-26(32-22)19-6-5-16(3)20(12-19)27-25(29)18-8-10-23-24(13-18)31-14-30-23/h5-13,15H,4,14H2,1-3H3,(H,27,29)/t15-/m0/s1. The molecule has 5 rings (SSSR count). The topological polar surface area (TPSA) is 73.6 Å². The molecular formula is C26H24N2O4. The van der Waals surface area contributed by atoms with Gasteiger partial charge in [-0.3, -0.25) is 4.79 Å². The molecule has 32 heavy (non-hydrogen) atoms. The van der Waals surface area contributed by atoms with E-state index >= 15 is 0 Å². The van der Waals surface area contributed by atoms with Crippen LogP contribution in [0.3, 0.4) is 0 Å². The second kappa shape index (κ2) is 8.04. The average molecular weight is 428 g/mol. The minimum absolute atomic E-state index is 0.172. The zero-order valence-electron chi connectivity index (χ0n) is 18.3. The second-order valence-electron chi connectivity index (χ2n) is 8.11. The molecule has 0 spiro atoms. The van der Waals surface area contributed by atoms with Gasteiger partial charge in [0.15, 0.2) is 17.1 Å². The van der Waals surface area contributed by atoms with Crippen LogP contribution in [0.1, 0.15) is 47.7 Å². The Morgan fingerprint density at radius 3 is 2.75 bits per heavy atom. The summed E-state index contributed by atoms with van der Waals surface area (Å²) in [5, 5.41) is 2.99. The number of fused-ring (bicyclic) bond motifs is 2. The molecule has 0 saturated heterocycles. The average Bonchev–Trinajstić information content (AvgIpc) is 3.45. The van der Waals surface area contributed by atoms with Gasteiger partial charge < -0.3 is 19.2 Å². The van der Waals surface area contributed by atoms with Crippen LogP contribution in [0.5, 0.6) is 11.5 Å². The first-order valence-electron chi connectivity index (χ1n) is 10.7. The number of rotatable bonds is 5. The van der Waals surface area contributed by atoms with Crippen molar-refractivity contribution in [3.05, 3.63) is 71.3 Å². The Morgan fingerprint density at radius 1 is 1.06 bits per heavy atom. The maximum atomic E-state index is 12.8. The van der Waals surface area contributed by atoms with Gasteiger partial charge in [-0.15, -0.1) is 0 Å². The molecule has 0 fully saturated rings. The number of benzene rings is 3. The summed E-state index contributed by atoms with van der Waals surface area (Å²) in [4.78, 5) is 17.5. The number of amides is 1. The van der Waals surface area contributed by atoms with E-state index in [2.05, 4.69) is 31.3 Å². The van der Waals surface area contributed by atoms with Crippen molar-refractivity contribution in [1.82, 2.24) is 4.98 Å². The summed E-state index contributed by atoms with van der Waals surface area (Å²) in [6.07, 6.45) is 1.07. The van der Waals surface area contributed by atoms with Crippen LogP contribution in [0.15, 0.2) is 59.0 Å². The minimum atomic E-state index is -0.223. The molecule has 0 unspecified atom stereocenters. The van der Waals surface area contributed by atoms with Crippen LogP contribution >= 0.6 is 0 Å². The number of anilines is 1. The van der Waals surface area contributed by atoms with Crippen LogP contribution in [0.25, 0.3) is 22.6 Å². The fraction of sp³-hybridized carbons (Fsp3) is 0.231. The summed E-state index contributed by atoms with van der Waals surface area (Å²) in [5.41, 5.74) is 5.78. The molecule has 2 heterocycles. The number of hydrogen-bond acceptors (Lipinski definition) is 5. The van der Waals surface area contributed by atoms with Gasteiger partial charge in [0, 0.05) is 16.8 Å². The molecule has 4 aromatic rings.